The highest BCUT2D eigenvalue weighted by Gasteiger charge is 2.24. The maximum absolute atomic E-state index is 11.7. The fourth-order valence-electron chi connectivity index (χ4n) is 4.35. The molecule has 33 heavy (non-hydrogen) atoms. The van der Waals surface area contributed by atoms with Gasteiger partial charge >= 0.3 is 5.97 Å². The number of hydrogen-bond acceptors (Lipinski definition) is 6. The Morgan fingerprint density at radius 2 is 1.94 bits per heavy atom. The molecular formula is C27H28N4O2. The molecule has 1 aromatic heterocycles. The highest BCUT2D eigenvalue weighted by Crippen LogP contribution is 2.27. The number of fused-ring (bicyclic) bond motifs is 2. The summed E-state index contributed by atoms with van der Waals surface area (Å²) in [6, 6.07) is 13.5. The van der Waals surface area contributed by atoms with E-state index < -0.39 is 0 Å². The van der Waals surface area contributed by atoms with Gasteiger partial charge < -0.3 is 4.74 Å². The maximum atomic E-state index is 11.7. The molecule has 3 heterocycles. The molecule has 0 fully saturated rings. The molecule has 5 rings (SSSR count). The first-order valence-electron chi connectivity index (χ1n) is 11.5. The van der Waals surface area contributed by atoms with Gasteiger partial charge in [-0.25, -0.2) is 14.8 Å². The molecule has 168 valence electrons. The average Bonchev–Trinajstić information content (AvgIpc) is 3.26. The molecule has 3 aromatic rings. The SMILES string of the molecule is CC.Cc1c(CCN2CCc3nc(-c4ccc(C#N)cc4)ncc3C2)ccc2c1COC2=O. The predicted octanol–water partition coefficient (Wildman–Crippen LogP) is 4.62. The van der Waals surface area contributed by atoms with Crippen molar-refractivity contribution in [2.24, 2.45) is 0 Å². The van der Waals surface area contributed by atoms with E-state index in [1.807, 2.05) is 38.2 Å². The molecule has 2 aromatic carbocycles. The van der Waals surface area contributed by atoms with Crippen LogP contribution in [0.5, 0.6) is 0 Å². The normalized spacial score (nSPS) is 14.4. The van der Waals surface area contributed by atoms with Crippen molar-refractivity contribution in [1.29, 1.82) is 5.26 Å². The molecule has 0 spiro atoms. The van der Waals surface area contributed by atoms with E-state index in [9.17, 15) is 4.79 Å². The molecular weight excluding hydrogens is 412 g/mol. The lowest BCUT2D eigenvalue weighted by atomic mass is 9.96. The number of aromatic nitrogens is 2. The van der Waals surface area contributed by atoms with Gasteiger partial charge in [0.25, 0.3) is 0 Å². The minimum Gasteiger partial charge on any atom is -0.457 e. The van der Waals surface area contributed by atoms with Crippen LogP contribution in [-0.4, -0.2) is 33.9 Å². The van der Waals surface area contributed by atoms with Crippen LogP contribution in [0.15, 0.2) is 42.6 Å². The molecule has 0 saturated heterocycles. The van der Waals surface area contributed by atoms with Gasteiger partial charge in [0.15, 0.2) is 5.82 Å². The third kappa shape index (κ3) is 4.64. The number of cyclic esters (lactones) is 1. The topological polar surface area (TPSA) is 79.1 Å². The molecule has 0 unspecified atom stereocenters. The van der Waals surface area contributed by atoms with Crippen molar-refractivity contribution in [3.8, 4) is 17.5 Å². The van der Waals surface area contributed by atoms with Crippen LogP contribution in [0.25, 0.3) is 11.4 Å². The fraction of sp³-hybridized carbons (Fsp3) is 0.333. The first-order valence-corrected chi connectivity index (χ1v) is 11.5. The number of ether oxygens (including phenoxy) is 1. The van der Waals surface area contributed by atoms with Crippen molar-refractivity contribution >= 4 is 5.97 Å². The Bertz CT molecular complexity index is 1210. The highest BCUT2D eigenvalue weighted by molar-refractivity contribution is 5.93. The Hall–Kier alpha value is -3.56. The predicted molar refractivity (Wildman–Crippen MR) is 127 cm³/mol. The van der Waals surface area contributed by atoms with E-state index >= 15 is 0 Å². The fourth-order valence-corrected chi connectivity index (χ4v) is 4.35. The van der Waals surface area contributed by atoms with E-state index in [4.69, 9.17) is 15.0 Å². The zero-order chi connectivity index (χ0) is 23.4. The Balaban J connectivity index is 0.00000126. The Kier molecular flexibility index (Phi) is 6.81. The number of nitriles is 1. The maximum Gasteiger partial charge on any atom is 0.338 e. The van der Waals surface area contributed by atoms with Gasteiger partial charge in [-0.1, -0.05) is 19.9 Å². The second kappa shape index (κ2) is 9.93. The summed E-state index contributed by atoms with van der Waals surface area (Å²) in [6.45, 7) is 9.23. The Morgan fingerprint density at radius 3 is 2.70 bits per heavy atom. The van der Waals surface area contributed by atoms with Gasteiger partial charge in [0, 0.05) is 48.9 Å². The quantitative estimate of drug-likeness (QED) is 0.551. The van der Waals surface area contributed by atoms with E-state index in [2.05, 4.69) is 28.9 Å². The first-order chi connectivity index (χ1) is 16.1. The minimum absolute atomic E-state index is 0.210. The summed E-state index contributed by atoms with van der Waals surface area (Å²) in [5.41, 5.74) is 8.04. The average molecular weight is 441 g/mol. The molecule has 0 amide bonds. The lowest BCUT2D eigenvalue weighted by Gasteiger charge is -2.28. The van der Waals surface area contributed by atoms with Gasteiger partial charge in [0.05, 0.1) is 22.9 Å². The zero-order valence-electron chi connectivity index (χ0n) is 19.4. The van der Waals surface area contributed by atoms with Gasteiger partial charge in [-0.05, 0) is 54.8 Å². The van der Waals surface area contributed by atoms with E-state index in [0.717, 1.165) is 49.3 Å². The van der Waals surface area contributed by atoms with Crippen LogP contribution in [0.1, 0.15) is 57.7 Å². The van der Waals surface area contributed by atoms with Gasteiger partial charge in [0.2, 0.25) is 0 Å². The number of nitrogens with zero attached hydrogens (tertiary/aromatic N) is 4. The number of carbonyl (C=O) groups is 1. The summed E-state index contributed by atoms with van der Waals surface area (Å²) in [6.07, 6.45) is 3.77. The van der Waals surface area contributed by atoms with Crippen molar-refractivity contribution in [3.63, 3.8) is 0 Å². The Morgan fingerprint density at radius 1 is 1.15 bits per heavy atom. The van der Waals surface area contributed by atoms with E-state index in [1.165, 1.54) is 16.7 Å². The molecule has 2 aliphatic rings. The highest BCUT2D eigenvalue weighted by atomic mass is 16.5. The number of hydrogen-bond donors (Lipinski definition) is 0. The van der Waals surface area contributed by atoms with Crippen LogP contribution in [-0.2, 0) is 30.7 Å². The van der Waals surface area contributed by atoms with Crippen LogP contribution in [0.3, 0.4) is 0 Å². The number of carbonyl (C=O) groups excluding carboxylic acids is 1. The minimum atomic E-state index is -0.210. The summed E-state index contributed by atoms with van der Waals surface area (Å²) < 4.78 is 5.17. The summed E-state index contributed by atoms with van der Waals surface area (Å²) in [5, 5.41) is 8.96. The number of benzene rings is 2. The van der Waals surface area contributed by atoms with Crippen LogP contribution >= 0.6 is 0 Å². The number of rotatable bonds is 4. The van der Waals surface area contributed by atoms with Gasteiger partial charge in [-0.3, -0.25) is 4.90 Å². The second-order valence-corrected chi connectivity index (χ2v) is 8.08. The molecule has 6 nitrogen and oxygen atoms in total. The monoisotopic (exact) mass is 440 g/mol. The molecule has 2 aliphatic heterocycles. The van der Waals surface area contributed by atoms with Gasteiger partial charge in [0.1, 0.15) is 6.61 Å². The largest absolute Gasteiger partial charge is 0.457 e. The molecule has 0 atom stereocenters. The van der Waals surface area contributed by atoms with Crippen LogP contribution in [0.4, 0.5) is 0 Å². The lowest BCUT2D eigenvalue weighted by molar-refractivity contribution is 0.0535. The van der Waals surface area contributed by atoms with Crippen LogP contribution in [0.2, 0.25) is 0 Å². The summed E-state index contributed by atoms with van der Waals surface area (Å²) in [4.78, 5) is 23.5. The van der Waals surface area contributed by atoms with Crippen LogP contribution in [0, 0.1) is 18.3 Å². The van der Waals surface area contributed by atoms with E-state index in [0.29, 0.717) is 23.6 Å². The van der Waals surface area contributed by atoms with Crippen molar-refractivity contribution in [2.75, 3.05) is 13.1 Å². The van der Waals surface area contributed by atoms with Crippen molar-refractivity contribution in [1.82, 2.24) is 14.9 Å². The second-order valence-electron chi connectivity index (χ2n) is 8.08. The first kappa shape index (κ1) is 22.6. The van der Waals surface area contributed by atoms with Gasteiger partial charge in [-0.15, -0.1) is 0 Å². The van der Waals surface area contributed by atoms with Gasteiger partial charge in [-0.2, -0.15) is 5.26 Å². The lowest BCUT2D eigenvalue weighted by Crippen LogP contribution is -2.33. The van der Waals surface area contributed by atoms with Crippen molar-refractivity contribution in [2.45, 2.75) is 46.8 Å². The summed E-state index contributed by atoms with van der Waals surface area (Å²) in [5.74, 6) is 0.500. The van der Waals surface area contributed by atoms with Crippen LogP contribution < -0.4 is 0 Å². The molecule has 6 heteroatoms. The summed E-state index contributed by atoms with van der Waals surface area (Å²) >= 11 is 0. The molecule has 0 radical (unpaired) electrons. The van der Waals surface area contributed by atoms with Crippen molar-refractivity contribution < 1.29 is 9.53 Å². The molecule has 0 bridgehead atoms. The van der Waals surface area contributed by atoms with E-state index in [1.54, 1.807) is 12.1 Å². The summed E-state index contributed by atoms with van der Waals surface area (Å²) in [7, 11) is 0. The smallest absolute Gasteiger partial charge is 0.338 e. The molecule has 0 saturated carbocycles. The molecule has 0 aliphatic carbocycles. The standard InChI is InChI=1S/C25H22N4O2.C2H6/c1-16-18(6-7-21-22(16)15-31-25(21)30)8-10-29-11-9-23-20(14-29)13-27-24(28-23)19-4-2-17(12-26)3-5-19;1-2/h2-7,13H,8-11,14-15H2,1H3;1-2H3. The van der Waals surface area contributed by atoms with E-state index in [-0.39, 0.29) is 5.97 Å². The Labute approximate surface area is 194 Å². The third-order valence-electron chi connectivity index (χ3n) is 6.26. The molecule has 0 N–H and O–H groups in total. The zero-order valence-corrected chi connectivity index (χ0v) is 19.4. The third-order valence-corrected chi connectivity index (χ3v) is 6.26. The number of esters is 1. The van der Waals surface area contributed by atoms with Crippen molar-refractivity contribution in [3.05, 3.63) is 81.7 Å².